The van der Waals surface area contributed by atoms with Crippen molar-refractivity contribution in [2.45, 2.75) is 47.1 Å². The van der Waals surface area contributed by atoms with E-state index >= 15 is 0 Å². The van der Waals surface area contributed by atoms with Crippen molar-refractivity contribution in [2.75, 3.05) is 0 Å². The maximum Gasteiger partial charge on any atom is 0.138 e. The zero-order valence-corrected chi connectivity index (χ0v) is 8.72. The predicted molar refractivity (Wildman–Crippen MR) is 49.9 cm³/mol. The molecule has 0 heterocycles. The van der Waals surface area contributed by atoms with Crippen LogP contribution in [0.25, 0.3) is 0 Å². The van der Waals surface area contributed by atoms with E-state index in [2.05, 4.69) is 0 Å². The number of aliphatic hydroxyl groups is 1. The molecule has 0 aromatic carbocycles. The van der Waals surface area contributed by atoms with Crippen molar-refractivity contribution in [3.63, 3.8) is 0 Å². The topological polar surface area (TPSA) is 37.3 Å². The molecule has 2 nitrogen and oxygen atoms in total. The highest BCUT2D eigenvalue weighted by Crippen LogP contribution is 2.22. The average Bonchev–Trinajstić information content (AvgIpc) is 1.85. The average molecular weight is 172 g/mol. The maximum absolute atomic E-state index is 11.2. The Kier molecular flexibility index (Phi) is 3.91. The maximum atomic E-state index is 11.2. The molecule has 0 aliphatic carbocycles. The van der Waals surface area contributed by atoms with E-state index in [1.54, 1.807) is 0 Å². The number of carbonyl (C=O) groups excluding carboxylic acids is 1. The van der Waals surface area contributed by atoms with Gasteiger partial charge in [0.1, 0.15) is 5.78 Å². The van der Waals surface area contributed by atoms with Crippen LogP contribution < -0.4 is 0 Å². The van der Waals surface area contributed by atoms with Gasteiger partial charge in [-0.25, -0.2) is 0 Å². The second-order valence-corrected chi connectivity index (χ2v) is 4.71. The molecule has 0 radical (unpaired) electrons. The molecule has 12 heavy (non-hydrogen) atoms. The zero-order valence-electron chi connectivity index (χ0n) is 8.72. The Morgan fingerprint density at radius 2 is 1.75 bits per heavy atom. The van der Waals surface area contributed by atoms with Crippen molar-refractivity contribution >= 4 is 5.78 Å². The van der Waals surface area contributed by atoms with Gasteiger partial charge in [0.25, 0.3) is 0 Å². The molecule has 1 N–H and O–H groups in total. The Morgan fingerprint density at radius 3 is 2.00 bits per heavy atom. The van der Waals surface area contributed by atoms with Gasteiger partial charge in [-0.05, 0) is 5.41 Å². The fourth-order valence-corrected chi connectivity index (χ4v) is 0.732. The molecule has 72 valence electrons. The van der Waals surface area contributed by atoms with Crippen LogP contribution in [0, 0.1) is 11.3 Å². The number of carbonyl (C=O) groups is 1. The Bertz CT molecular complexity index is 154. The molecular weight excluding hydrogens is 152 g/mol. The molecule has 0 fully saturated rings. The SMILES string of the molecule is CC(C)C(=O)C[C@@H](O)C(C)(C)C. The second-order valence-electron chi connectivity index (χ2n) is 4.71. The Hall–Kier alpha value is -0.370. The van der Waals surface area contributed by atoms with E-state index in [9.17, 15) is 9.90 Å². The van der Waals surface area contributed by atoms with E-state index in [4.69, 9.17) is 0 Å². The number of hydrogen-bond donors (Lipinski definition) is 1. The van der Waals surface area contributed by atoms with Crippen LogP contribution >= 0.6 is 0 Å². The molecule has 0 aliphatic rings. The lowest BCUT2D eigenvalue weighted by Crippen LogP contribution is -2.29. The number of ketones is 1. The van der Waals surface area contributed by atoms with Gasteiger partial charge in [0.2, 0.25) is 0 Å². The highest BCUT2D eigenvalue weighted by Gasteiger charge is 2.25. The summed E-state index contributed by atoms with van der Waals surface area (Å²) < 4.78 is 0. The molecule has 0 spiro atoms. The van der Waals surface area contributed by atoms with Crippen molar-refractivity contribution in [1.29, 1.82) is 0 Å². The molecule has 0 rings (SSSR count). The summed E-state index contributed by atoms with van der Waals surface area (Å²) >= 11 is 0. The van der Waals surface area contributed by atoms with Crippen molar-refractivity contribution < 1.29 is 9.90 Å². The van der Waals surface area contributed by atoms with Gasteiger partial charge < -0.3 is 5.11 Å². The summed E-state index contributed by atoms with van der Waals surface area (Å²) in [5.74, 6) is 0.166. The predicted octanol–water partition coefficient (Wildman–Crippen LogP) is 2.01. The number of rotatable bonds is 3. The van der Waals surface area contributed by atoms with Gasteiger partial charge in [-0.3, -0.25) is 4.79 Å². The molecule has 0 saturated heterocycles. The lowest BCUT2D eigenvalue weighted by molar-refractivity contribution is -0.125. The third kappa shape index (κ3) is 3.86. The van der Waals surface area contributed by atoms with Crippen LogP contribution in [0.15, 0.2) is 0 Å². The molecule has 0 saturated carbocycles. The third-order valence-electron chi connectivity index (χ3n) is 2.04. The summed E-state index contributed by atoms with van der Waals surface area (Å²) in [6.07, 6.45) is -0.242. The molecule has 0 aromatic heterocycles. The van der Waals surface area contributed by atoms with E-state index in [1.165, 1.54) is 0 Å². The fourth-order valence-electron chi connectivity index (χ4n) is 0.732. The van der Waals surface area contributed by atoms with Crippen LogP contribution in [-0.2, 0) is 4.79 Å². The molecule has 0 bridgehead atoms. The number of aliphatic hydroxyl groups excluding tert-OH is 1. The largest absolute Gasteiger partial charge is 0.392 e. The summed E-state index contributed by atoms with van der Waals surface area (Å²) in [5, 5.41) is 9.58. The molecule has 2 heteroatoms. The molecule has 0 unspecified atom stereocenters. The number of Topliss-reactive ketones (excluding diaryl/α,β-unsaturated/α-hetero) is 1. The standard InChI is InChI=1S/C10H20O2/c1-7(2)8(11)6-9(12)10(3,4)5/h7,9,12H,6H2,1-5H3/t9-/m1/s1. The Balaban J connectivity index is 4.02. The summed E-state index contributed by atoms with van der Waals surface area (Å²) in [4.78, 5) is 11.2. The Labute approximate surface area is 75.0 Å². The lowest BCUT2D eigenvalue weighted by Gasteiger charge is -2.25. The van der Waals surface area contributed by atoms with E-state index in [-0.39, 0.29) is 23.5 Å². The van der Waals surface area contributed by atoms with Gasteiger partial charge in [-0.2, -0.15) is 0 Å². The summed E-state index contributed by atoms with van der Waals surface area (Å²) in [6.45, 7) is 9.53. The van der Waals surface area contributed by atoms with Gasteiger partial charge in [0.15, 0.2) is 0 Å². The second kappa shape index (κ2) is 4.04. The molecule has 0 aromatic rings. The first-order valence-corrected chi connectivity index (χ1v) is 4.46. The quantitative estimate of drug-likeness (QED) is 0.707. The normalized spacial score (nSPS) is 14.9. The summed E-state index contributed by atoms with van der Waals surface area (Å²) in [5.41, 5.74) is -0.190. The highest BCUT2D eigenvalue weighted by molar-refractivity contribution is 5.80. The van der Waals surface area contributed by atoms with E-state index in [1.807, 2.05) is 34.6 Å². The van der Waals surface area contributed by atoms with Crippen LogP contribution in [0.4, 0.5) is 0 Å². The van der Waals surface area contributed by atoms with Crippen LogP contribution in [0.5, 0.6) is 0 Å². The van der Waals surface area contributed by atoms with Crippen LogP contribution in [-0.4, -0.2) is 17.0 Å². The monoisotopic (exact) mass is 172 g/mol. The minimum Gasteiger partial charge on any atom is -0.392 e. The molecule has 1 atom stereocenters. The minimum absolute atomic E-state index is 0.0296. The van der Waals surface area contributed by atoms with Crippen molar-refractivity contribution in [1.82, 2.24) is 0 Å². The first kappa shape index (κ1) is 11.6. The minimum atomic E-state index is -0.521. The van der Waals surface area contributed by atoms with Crippen LogP contribution in [0.3, 0.4) is 0 Å². The van der Waals surface area contributed by atoms with E-state index < -0.39 is 6.10 Å². The van der Waals surface area contributed by atoms with Crippen molar-refractivity contribution in [3.05, 3.63) is 0 Å². The fraction of sp³-hybridized carbons (Fsp3) is 0.900. The molecule has 0 aliphatic heterocycles. The number of hydrogen-bond acceptors (Lipinski definition) is 2. The summed E-state index contributed by atoms with van der Waals surface area (Å²) in [6, 6.07) is 0. The van der Waals surface area contributed by atoms with Crippen molar-refractivity contribution in [2.24, 2.45) is 11.3 Å². The smallest absolute Gasteiger partial charge is 0.138 e. The van der Waals surface area contributed by atoms with E-state index in [0.29, 0.717) is 0 Å². The first-order chi connectivity index (χ1) is 5.25. The lowest BCUT2D eigenvalue weighted by atomic mass is 9.85. The molecular formula is C10H20O2. The van der Waals surface area contributed by atoms with Gasteiger partial charge in [-0.15, -0.1) is 0 Å². The third-order valence-corrected chi connectivity index (χ3v) is 2.04. The highest BCUT2D eigenvalue weighted by atomic mass is 16.3. The van der Waals surface area contributed by atoms with Crippen LogP contribution in [0.1, 0.15) is 41.0 Å². The first-order valence-electron chi connectivity index (χ1n) is 4.46. The molecule has 0 amide bonds. The van der Waals surface area contributed by atoms with Crippen molar-refractivity contribution in [3.8, 4) is 0 Å². The van der Waals surface area contributed by atoms with Gasteiger partial charge >= 0.3 is 0 Å². The van der Waals surface area contributed by atoms with Gasteiger partial charge in [-0.1, -0.05) is 34.6 Å². The van der Waals surface area contributed by atoms with Gasteiger partial charge in [0.05, 0.1) is 6.10 Å². The van der Waals surface area contributed by atoms with E-state index in [0.717, 1.165) is 0 Å². The zero-order chi connectivity index (χ0) is 9.94. The van der Waals surface area contributed by atoms with Gasteiger partial charge in [0, 0.05) is 12.3 Å². The van der Waals surface area contributed by atoms with Crippen LogP contribution in [0.2, 0.25) is 0 Å². The summed E-state index contributed by atoms with van der Waals surface area (Å²) in [7, 11) is 0. The Morgan fingerprint density at radius 1 is 1.33 bits per heavy atom.